The van der Waals surface area contributed by atoms with Gasteiger partial charge in [-0.15, -0.1) is 5.10 Å². The molecule has 0 aliphatic carbocycles. The Morgan fingerprint density at radius 3 is 2.28 bits per heavy atom. The Labute approximate surface area is 144 Å². The van der Waals surface area contributed by atoms with Crippen LogP contribution in [0.1, 0.15) is 5.82 Å². The van der Waals surface area contributed by atoms with E-state index >= 15 is 0 Å². The summed E-state index contributed by atoms with van der Waals surface area (Å²) in [5.74, 6) is 0.785. The third kappa shape index (κ3) is 4.59. The third-order valence-electron chi connectivity index (χ3n) is 3.41. The van der Waals surface area contributed by atoms with Crippen molar-refractivity contribution >= 4 is 22.2 Å². The van der Waals surface area contributed by atoms with E-state index in [9.17, 15) is 19.4 Å². The minimum absolute atomic E-state index is 0.174. The maximum absolute atomic E-state index is 12.8. The Morgan fingerprint density at radius 2 is 1.68 bits per heavy atom. The number of morpholine rings is 1. The van der Waals surface area contributed by atoms with Crippen molar-refractivity contribution in [1.82, 2.24) is 24.5 Å². The van der Waals surface area contributed by atoms with Crippen molar-refractivity contribution in [1.29, 1.82) is 0 Å². The first-order valence-electron chi connectivity index (χ1n) is 7.10. The van der Waals surface area contributed by atoms with Gasteiger partial charge in [0.15, 0.2) is 5.82 Å². The number of benzene rings is 1. The Hall–Kier alpha value is -1.44. The minimum Gasteiger partial charge on any atom is -0.379 e. The molecule has 0 radical (unpaired) electrons. The molecule has 13 heteroatoms. The molecule has 1 aliphatic rings. The number of nitrogens with zero attached hydrogens (tertiary/aromatic N) is 5. The molecule has 2 aromatic rings. The highest BCUT2D eigenvalue weighted by Crippen LogP contribution is 3.02. The lowest BCUT2D eigenvalue weighted by atomic mass is 10.3. The van der Waals surface area contributed by atoms with E-state index in [1.54, 1.807) is 0 Å². The van der Waals surface area contributed by atoms with Crippen LogP contribution in [0.2, 0.25) is 0 Å². The van der Waals surface area contributed by atoms with Gasteiger partial charge in [0.05, 0.1) is 24.7 Å². The van der Waals surface area contributed by atoms with Gasteiger partial charge >= 0.3 is 10.2 Å². The van der Waals surface area contributed by atoms with E-state index in [0.717, 1.165) is 25.2 Å². The number of halogens is 5. The van der Waals surface area contributed by atoms with Crippen LogP contribution in [0.5, 0.6) is 0 Å². The SMILES string of the molecule is FS(F)(F)(F)(F)c1ccc(-n2nnnc2CSN2CCOCC2)cc1. The molecule has 1 aromatic heterocycles. The molecule has 0 amide bonds. The summed E-state index contributed by atoms with van der Waals surface area (Å²) in [6.45, 7) is 2.72. The molecule has 1 aliphatic heterocycles. The molecule has 0 unspecified atom stereocenters. The van der Waals surface area contributed by atoms with Crippen molar-refractivity contribution in [3.05, 3.63) is 30.1 Å². The monoisotopic (exact) mass is 403 g/mol. The number of aromatic nitrogens is 4. The molecule has 0 bridgehead atoms. The summed E-state index contributed by atoms with van der Waals surface area (Å²) in [4.78, 5) is -1.94. The molecule has 0 atom stereocenters. The zero-order valence-corrected chi connectivity index (χ0v) is 14.3. The second-order valence-electron chi connectivity index (χ2n) is 5.28. The van der Waals surface area contributed by atoms with E-state index in [1.807, 2.05) is 0 Å². The Morgan fingerprint density at radius 1 is 1.04 bits per heavy atom. The van der Waals surface area contributed by atoms with E-state index in [-0.39, 0.29) is 5.69 Å². The van der Waals surface area contributed by atoms with Gasteiger partial charge in [-0.05, 0) is 34.7 Å². The zero-order chi connectivity index (χ0) is 18.2. The highest BCUT2D eigenvalue weighted by Gasteiger charge is 2.65. The third-order valence-corrected chi connectivity index (χ3v) is 5.69. The maximum Gasteiger partial charge on any atom is 0.310 e. The summed E-state index contributed by atoms with van der Waals surface area (Å²) < 4.78 is 72.3. The van der Waals surface area contributed by atoms with Crippen LogP contribution in [-0.2, 0) is 10.5 Å². The Bertz CT molecular complexity index is 746. The van der Waals surface area contributed by atoms with Crippen molar-refractivity contribution in [3.8, 4) is 5.69 Å². The molecule has 0 saturated carbocycles. The van der Waals surface area contributed by atoms with E-state index in [0.29, 0.717) is 36.9 Å². The number of tetrazole rings is 1. The maximum atomic E-state index is 12.8. The Balaban J connectivity index is 1.76. The summed E-state index contributed by atoms with van der Waals surface area (Å²) in [6, 6.07) is 2.54. The van der Waals surface area contributed by atoms with E-state index in [2.05, 4.69) is 19.8 Å². The second-order valence-corrected chi connectivity index (χ2v) is 8.76. The van der Waals surface area contributed by atoms with Gasteiger partial charge in [-0.25, -0.2) is 4.31 Å². The highest BCUT2D eigenvalue weighted by molar-refractivity contribution is 8.45. The van der Waals surface area contributed by atoms with Gasteiger partial charge in [-0.2, -0.15) is 4.68 Å². The van der Waals surface area contributed by atoms with Crippen LogP contribution in [-0.4, -0.2) is 50.8 Å². The topological polar surface area (TPSA) is 56.1 Å². The fourth-order valence-corrected chi connectivity index (χ4v) is 3.70. The van der Waals surface area contributed by atoms with E-state index < -0.39 is 15.1 Å². The van der Waals surface area contributed by atoms with Gasteiger partial charge in [0.25, 0.3) is 0 Å². The molecule has 1 saturated heterocycles. The summed E-state index contributed by atoms with van der Waals surface area (Å²) in [6.07, 6.45) is 0. The summed E-state index contributed by atoms with van der Waals surface area (Å²) in [7, 11) is -9.68. The summed E-state index contributed by atoms with van der Waals surface area (Å²) >= 11 is 1.47. The largest absolute Gasteiger partial charge is 0.379 e. The van der Waals surface area contributed by atoms with Crippen molar-refractivity contribution in [2.45, 2.75) is 10.6 Å². The van der Waals surface area contributed by atoms with E-state index in [4.69, 9.17) is 4.74 Å². The van der Waals surface area contributed by atoms with Crippen molar-refractivity contribution in [2.75, 3.05) is 26.3 Å². The molecule has 3 rings (SSSR count). The first-order valence-corrected chi connectivity index (χ1v) is 10.00. The van der Waals surface area contributed by atoms with Gasteiger partial charge < -0.3 is 4.74 Å². The predicted molar refractivity (Wildman–Crippen MR) is 84.2 cm³/mol. The molecule has 0 spiro atoms. The van der Waals surface area contributed by atoms with Gasteiger partial charge in [-0.3, -0.25) is 0 Å². The molecule has 1 fully saturated rings. The van der Waals surface area contributed by atoms with Gasteiger partial charge in [-0.1, -0.05) is 31.4 Å². The first kappa shape index (κ1) is 18.4. The van der Waals surface area contributed by atoms with Crippen molar-refractivity contribution in [3.63, 3.8) is 0 Å². The quantitative estimate of drug-likeness (QED) is 0.559. The molecule has 2 heterocycles. The predicted octanol–water partition coefficient (Wildman–Crippen LogP) is 3.80. The zero-order valence-electron chi connectivity index (χ0n) is 12.7. The van der Waals surface area contributed by atoms with Crippen LogP contribution in [0.3, 0.4) is 0 Å². The number of rotatable bonds is 5. The van der Waals surface area contributed by atoms with Crippen LogP contribution < -0.4 is 0 Å². The fourth-order valence-electron chi connectivity index (χ4n) is 2.17. The van der Waals surface area contributed by atoms with Gasteiger partial charge in [0.1, 0.15) is 4.90 Å². The minimum atomic E-state index is -9.68. The lowest BCUT2D eigenvalue weighted by Gasteiger charge is -2.40. The van der Waals surface area contributed by atoms with Crippen LogP contribution in [0.25, 0.3) is 5.69 Å². The van der Waals surface area contributed by atoms with Crippen LogP contribution in [0.4, 0.5) is 19.4 Å². The summed E-state index contributed by atoms with van der Waals surface area (Å²) in [5.41, 5.74) is 0.174. The normalized spacial score (nSPS) is 19.4. The van der Waals surface area contributed by atoms with Gasteiger partial charge in [0.2, 0.25) is 0 Å². The smallest absolute Gasteiger partial charge is 0.310 e. The molecular formula is C12H14F5N5OS2. The van der Waals surface area contributed by atoms with Crippen LogP contribution in [0.15, 0.2) is 29.2 Å². The molecule has 6 nitrogen and oxygen atoms in total. The summed E-state index contributed by atoms with van der Waals surface area (Å²) in [5, 5.41) is 11.1. The average Bonchev–Trinajstić information content (AvgIpc) is 3.00. The van der Waals surface area contributed by atoms with E-state index in [1.165, 1.54) is 16.6 Å². The molecule has 1 aromatic carbocycles. The number of hydrogen-bond donors (Lipinski definition) is 0. The van der Waals surface area contributed by atoms with Crippen LogP contribution in [0, 0.1) is 0 Å². The molecular weight excluding hydrogens is 389 g/mol. The van der Waals surface area contributed by atoms with Crippen molar-refractivity contribution < 1.29 is 24.2 Å². The number of hydrogen-bond acceptors (Lipinski definition) is 6. The Kier molecular flexibility index (Phi) is 4.25. The van der Waals surface area contributed by atoms with Gasteiger partial charge in [0, 0.05) is 13.1 Å². The fraction of sp³-hybridized carbons (Fsp3) is 0.417. The molecule has 140 valence electrons. The standard InChI is InChI=1S/C12H14F5N5OS2/c13-25(14,15,16,17)11-3-1-10(2-4-11)22-12(18-19-20-22)9-24-21-5-7-23-8-6-21/h1-4H,5-9H2. The number of ether oxygens (including phenoxy) is 1. The molecule has 25 heavy (non-hydrogen) atoms. The lowest BCUT2D eigenvalue weighted by Crippen LogP contribution is -2.31. The van der Waals surface area contributed by atoms with Crippen molar-refractivity contribution in [2.24, 2.45) is 0 Å². The molecule has 0 N–H and O–H groups in total. The highest BCUT2D eigenvalue weighted by atomic mass is 32.5. The second kappa shape index (κ2) is 5.79. The average molecular weight is 403 g/mol. The first-order chi connectivity index (χ1) is 11.5. The van der Waals surface area contributed by atoms with Crippen LogP contribution >= 0.6 is 22.2 Å². The lowest BCUT2D eigenvalue weighted by molar-refractivity contribution is 0.0773.